The van der Waals surface area contributed by atoms with Crippen molar-refractivity contribution in [2.75, 3.05) is 5.32 Å². The number of aromatic carboxylic acids is 1. The number of carboxylic acid groups (broad SMARTS) is 1. The third-order valence-corrected chi connectivity index (χ3v) is 5.99. The van der Waals surface area contributed by atoms with Gasteiger partial charge in [0.25, 0.3) is 0 Å². The number of rotatable bonds is 5. The van der Waals surface area contributed by atoms with Crippen LogP contribution in [0.15, 0.2) is 54.6 Å². The van der Waals surface area contributed by atoms with Gasteiger partial charge in [-0.15, -0.1) is 0 Å². The van der Waals surface area contributed by atoms with Gasteiger partial charge in [0.1, 0.15) is 5.82 Å². The zero-order valence-electron chi connectivity index (χ0n) is 18.0. The van der Waals surface area contributed by atoms with Crippen LogP contribution in [0.5, 0.6) is 11.5 Å². The highest BCUT2D eigenvalue weighted by atomic mass is 19.2. The van der Waals surface area contributed by atoms with Gasteiger partial charge in [-0.25, -0.2) is 9.78 Å². The summed E-state index contributed by atoms with van der Waals surface area (Å²) < 4.78 is 24.3. The molecule has 0 saturated heterocycles. The van der Waals surface area contributed by atoms with Crippen molar-refractivity contribution in [1.29, 1.82) is 0 Å². The van der Waals surface area contributed by atoms with Crippen LogP contribution in [-0.4, -0.2) is 28.0 Å². The molecule has 0 spiro atoms. The summed E-state index contributed by atoms with van der Waals surface area (Å²) in [6.45, 7) is 3.05. The first-order valence-corrected chi connectivity index (χ1v) is 10.5. The molecule has 1 fully saturated rings. The van der Waals surface area contributed by atoms with Crippen molar-refractivity contribution in [2.45, 2.75) is 38.1 Å². The number of amides is 1. The highest BCUT2D eigenvalue weighted by Crippen LogP contribution is 2.52. The Balaban J connectivity index is 1.40. The summed E-state index contributed by atoms with van der Waals surface area (Å²) in [5.74, 6) is -0.305. The number of carboxylic acids is 1. The van der Waals surface area contributed by atoms with E-state index >= 15 is 0 Å². The first-order valence-electron chi connectivity index (χ1n) is 10.5. The van der Waals surface area contributed by atoms with E-state index in [-0.39, 0.29) is 17.2 Å². The smallest absolute Gasteiger partial charge is 0.404 e. The van der Waals surface area contributed by atoms with E-state index in [1.54, 1.807) is 42.5 Å². The number of carbonyl (C=O) groups is 2. The molecule has 2 N–H and O–H groups in total. The Morgan fingerprint density at radius 2 is 1.82 bits per heavy atom. The highest BCUT2D eigenvalue weighted by molar-refractivity contribution is 6.01. The van der Waals surface area contributed by atoms with Crippen molar-refractivity contribution in [3.8, 4) is 22.8 Å². The molecule has 2 aromatic carbocycles. The third-order valence-electron chi connectivity index (χ3n) is 5.99. The molecule has 0 radical (unpaired) electrons. The number of carbonyl (C=O) groups excluding carboxylic acids is 1. The number of aromatic nitrogens is 1. The van der Waals surface area contributed by atoms with Gasteiger partial charge >= 0.3 is 12.0 Å². The second-order valence-electron chi connectivity index (χ2n) is 8.48. The molecule has 5 rings (SSSR count). The maximum absolute atomic E-state index is 14.0. The molecule has 1 saturated carbocycles. The minimum Gasteiger partial charge on any atom is -0.478 e. The fourth-order valence-corrected chi connectivity index (χ4v) is 4.08. The monoisotopic (exact) mass is 448 g/mol. The predicted molar refractivity (Wildman–Crippen MR) is 118 cm³/mol. The SMILES string of the molecule is Cc1ccc(NC(=O)C2(c3ccc4c(c3)OC(C)(F)O4)CC2)nc1-c1cccc(C(=O)O)c1. The minimum atomic E-state index is -2.22. The van der Waals surface area contributed by atoms with Crippen LogP contribution in [0.2, 0.25) is 0 Å². The Bertz CT molecular complexity index is 1300. The van der Waals surface area contributed by atoms with Crippen molar-refractivity contribution in [2.24, 2.45) is 0 Å². The van der Waals surface area contributed by atoms with Crippen molar-refractivity contribution < 1.29 is 28.6 Å². The average molecular weight is 448 g/mol. The number of hydrogen-bond donors (Lipinski definition) is 2. The van der Waals surface area contributed by atoms with E-state index in [1.807, 2.05) is 13.0 Å². The quantitative estimate of drug-likeness (QED) is 0.580. The average Bonchev–Trinajstić information content (AvgIpc) is 3.52. The normalized spacial score (nSPS) is 19.7. The number of benzene rings is 2. The fourth-order valence-electron chi connectivity index (χ4n) is 4.08. The van der Waals surface area contributed by atoms with E-state index in [0.717, 1.165) is 11.1 Å². The lowest BCUT2D eigenvalue weighted by atomic mass is 9.94. The summed E-state index contributed by atoms with van der Waals surface area (Å²) in [4.78, 5) is 29.1. The molecule has 1 amide bonds. The molecule has 168 valence electrons. The van der Waals surface area contributed by atoms with Gasteiger partial charge in [0.15, 0.2) is 11.5 Å². The lowest BCUT2D eigenvalue weighted by molar-refractivity contribution is -0.173. The third kappa shape index (κ3) is 3.77. The number of ether oxygens (including phenoxy) is 2. The zero-order valence-corrected chi connectivity index (χ0v) is 18.0. The van der Waals surface area contributed by atoms with Gasteiger partial charge in [-0.1, -0.05) is 24.3 Å². The lowest BCUT2D eigenvalue weighted by Crippen LogP contribution is -2.28. The van der Waals surface area contributed by atoms with Crippen molar-refractivity contribution in [1.82, 2.24) is 4.98 Å². The number of hydrogen-bond acceptors (Lipinski definition) is 5. The van der Waals surface area contributed by atoms with Crippen molar-refractivity contribution >= 4 is 17.7 Å². The molecule has 3 aromatic rings. The minimum absolute atomic E-state index is 0.159. The first-order chi connectivity index (χ1) is 15.7. The standard InChI is InChI=1S/C25H21FN2O5/c1-14-6-9-20(27-21(14)15-4-3-5-16(12-15)22(29)30)28-23(31)25(10-11-25)17-7-8-18-19(13-17)33-24(2,26)32-18/h3-9,12-13H,10-11H2,1-2H3,(H,29,30)(H,27,28,31). The Morgan fingerprint density at radius 3 is 2.55 bits per heavy atom. The van der Waals surface area contributed by atoms with Crippen LogP contribution < -0.4 is 14.8 Å². The van der Waals surface area contributed by atoms with E-state index in [0.29, 0.717) is 35.7 Å². The molecule has 2 heterocycles. The van der Waals surface area contributed by atoms with E-state index in [9.17, 15) is 19.1 Å². The zero-order chi connectivity index (χ0) is 23.4. The number of fused-ring (bicyclic) bond motifs is 1. The van der Waals surface area contributed by atoms with Crippen LogP contribution in [0.25, 0.3) is 11.3 Å². The number of halogens is 1. The largest absolute Gasteiger partial charge is 0.478 e. The molecule has 8 heteroatoms. The molecular weight excluding hydrogens is 427 g/mol. The molecule has 1 aliphatic carbocycles. The van der Waals surface area contributed by atoms with Gasteiger partial charge in [0.05, 0.1) is 16.7 Å². The van der Waals surface area contributed by atoms with E-state index < -0.39 is 17.4 Å². The number of nitrogens with one attached hydrogen (secondary N) is 1. The van der Waals surface area contributed by atoms with Gasteiger partial charge in [-0.3, -0.25) is 4.79 Å². The van der Waals surface area contributed by atoms with E-state index in [2.05, 4.69) is 10.3 Å². The second-order valence-corrected chi connectivity index (χ2v) is 8.48. The molecular formula is C25H21FN2O5. The first kappa shape index (κ1) is 20.9. The van der Waals surface area contributed by atoms with Gasteiger partial charge in [0, 0.05) is 12.5 Å². The van der Waals surface area contributed by atoms with Crippen LogP contribution in [0.4, 0.5) is 10.2 Å². The van der Waals surface area contributed by atoms with Crippen LogP contribution in [-0.2, 0) is 10.2 Å². The van der Waals surface area contributed by atoms with Crippen LogP contribution in [0.1, 0.15) is 41.3 Å². The maximum atomic E-state index is 14.0. The summed E-state index contributed by atoms with van der Waals surface area (Å²) >= 11 is 0. The summed E-state index contributed by atoms with van der Waals surface area (Å²) in [6, 6.07) is 12.8. The number of pyridine rings is 1. The molecule has 1 aromatic heterocycles. The van der Waals surface area contributed by atoms with Crippen LogP contribution in [0, 0.1) is 6.92 Å². The lowest BCUT2D eigenvalue weighted by Gasteiger charge is -2.17. The Morgan fingerprint density at radius 1 is 1.06 bits per heavy atom. The number of aryl methyl sites for hydroxylation is 1. The predicted octanol–water partition coefficient (Wildman–Crippen LogP) is 4.84. The second kappa shape index (κ2) is 7.30. The Hall–Kier alpha value is -3.94. The van der Waals surface area contributed by atoms with Crippen LogP contribution in [0.3, 0.4) is 0 Å². The van der Waals surface area contributed by atoms with Gasteiger partial charge in [0.2, 0.25) is 5.91 Å². The summed E-state index contributed by atoms with van der Waals surface area (Å²) in [7, 11) is 0. The van der Waals surface area contributed by atoms with E-state index in [4.69, 9.17) is 9.47 Å². The van der Waals surface area contributed by atoms with Gasteiger partial charge < -0.3 is 19.9 Å². The maximum Gasteiger partial charge on any atom is 0.404 e. The number of nitrogens with zero attached hydrogens (tertiary/aromatic N) is 1. The number of alkyl halides is 1. The molecule has 7 nitrogen and oxygen atoms in total. The van der Waals surface area contributed by atoms with Crippen LogP contribution >= 0.6 is 0 Å². The van der Waals surface area contributed by atoms with Gasteiger partial charge in [-0.2, -0.15) is 4.39 Å². The molecule has 1 atom stereocenters. The number of anilines is 1. The van der Waals surface area contributed by atoms with Gasteiger partial charge in [-0.05, 0) is 61.2 Å². The fraction of sp³-hybridized carbons (Fsp3) is 0.240. The molecule has 1 unspecified atom stereocenters. The van der Waals surface area contributed by atoms with E-state index in [1.165, 1.54) is 13.0 Å². The Kier molecular flexibility index (Phi) is 4.63. The topological polar surface area (TPSA) is 97.8 Å². The molecule has 1 aliphatic heterocycles. The van der Waals surface area contributed by atoms with Crippen molar-refractivity contribution in [3.63, 3.8) is 0 Å². The molecule has 2 aliphatic rings. The summed E-state index contributed by atoms with van der Waals surface area (Å²) in [6.07, 6.45) is 1.29. The molecule has 33 heavy (non-hydrogen) atoms. The van der Waals surface area contributed by atoms with Crippen molar-refractivity contribution in [3.05, 3.63) is 71.3 Å². The Labute approximate surface area is 189 Å². The summed E-state index contributed by atoms with van der Waals surface area (Å²) in [5, 5.41) is 12.2. The highest BCUT2D eigenvalue weighted by Gasteiger charge is 2.52. The molecule has 0 bridgehead atoms. The summed E-state index contributed by atoms with van der Waals surface area (Å²) in [5.41, 5.74) is 2.22.